The van der Waals surface area contributed by atoms with Crippen LogP contribution in [0, 0.1) is 0 Å². The molecule has 24 heavy (non-hydrogen) atoms. The molecular formula is C16H13Cl3N2O3. The number of rotatable bonds is 6. The number of carbonyl (C=O) groups is 1. The molecule has 0 heterocycles. The molecule has 0 atom stereocenters. The van der Waals surface area contributed by atoms with Crippen LogP contribution in [-0.2, 0) is 4.79 Å². The lowest BCUT2D eigenvalue weighted by Gasteiger charge is -2.07. The van der Waals surface area contributed by atoms with Gasteiger partial charge in [0.2, 0.25) is 0 Å². The quantitative estimate of drug-likeness (QED) is 0.597. The molecule has 0 aromatic heterocycles. The Morgan fingerprint density at radius 2 is 1.83 bits per heavy atom. The molecule has 0 saturated heterocycles. The highest BCUT2D eigenvalue weighted by atomic mass is 35.5. The van der Waals surface area contributed by atoms with E-state index in [4.69, 9.17) is 44.3 Å². The van der Waals surface area contributed by atoms with Crippen LogP contribution < -0.4 is 14.9 Å². The Bertz CT molecular complexity index is 766. The maximum Gasteiger partial charge on any atom is 0.277 e. The van der Waals surface area contributed by atoms with Crippen LogP contribution in [0.2, 0.25) is 15.1 Å². The van der Waals surface area contributed by atoms with E-state index in [1.165, 1.54) is 19.4 Å². The molecule has 0 saturated carbocycles. The smallest absolute Gasteiger partial charge is 0.277 e. The average Bonchev–Trinajstić information content (AvgIpc) is 2.54. The fourth-order valence-electron chi connectivity index (χ4n) is 1.71. The predicted octanol–water partition coefficient (Wildman–Crippen LogP) is 4.18. The third kappa shape index (κ3) is 5.30. The number of ether oxygens (including phenoxy) is 2. The highest BCUT2D eigenvalue weighted by Crippen LogP contribution is 2.27. The van der Waals surface area contributed by atoms with Crippen molar-refractivity contribution in [3.8, 4) is 11.5 Å². The van der Waals surface area contributed by atoms with Gasteiger partial charge in [0, 0.05) is 5.02 Å². The highest BCUT2D eigenvalue weighted by molar-refractivity contribution is 6.35. The van der Waals surface area contributed by atoms with E-state index in [1.54, 1.807) is 30.3 Å². The number of benzene rings is 2. The van der Waals surface area contributed by atoms with Gasteiger partial charge >= 0.3 is 0 Å². The van der Waals surface area contributed by atoms with Crippen LogP contribution in [0.15, 0.2) is 41.5 Å². The second-order valence-electron chi connectivity index (χ2n) is 4.55. The third-order valence-electron chi connectivity index (χ3n) is 2.83. The Hall–Kier alpha value is -1.95. The lowest BCUT2D eigenvalue weighted by Crippen LogP contribution is -2.24. The van der Waals surface area contributed by atoms with Crippen LogP contribution in [0.5, 0.6) is 11.5 Å². The molecule has 0 aliphatic rings. The van der Waals surface area contributed by atoms with E-state index in [9.17, 15) is 4.79 Å². The van der Waals surface area contributed by atoms with Gasteiger partial charge in [-0.3, -0.25) is 4.79 Å². The SMILES string of the molecule is COc1ccc(C=NNC(=O)COc2ccc(Cl)cc2Cl)cc1Cl. The van der Waals surface area contributed by atoms with Crippen LogP contribution in [-0.4, -0.2) is 25.8 Å². The van der Waals surface area contributed by atoms with Crippen molar-refractivity contribution in [1.82, 2.24) is 5.43 Å². The number of carbonyl (C=O) groups excluding carboxylic acids is 1. The maximum atomic E-state index is 11.7. The number of halogens is 3. The second-order valence-corrected chi connectivity index (χ2v) is 5.80. The Kier molecular flexibility index (Phi) is 6.73. The number of hydrazone groups is 1. The summed E-state index contributed by atoms with van der Waals surface area (Å²) in [6, 6.07) is 9.86. The van der Waals surface area contributed by atoms with Crippen LogP contribution >= 0.6 is 34.8 Å². The predicted molar refractivity (Wildman–Crippen MR) is 95.7 cm³/mol. The molecular weight excluding hydrogens is 375 g/mol. The molecule has 0 unspecified atom stereocenters. The molecule has 0 aliphatic heterocycles. The summed E-state index contributed by atoms with van der Waals surface area (Å²) in [6.07, 6.45) is 1.46. The Morgan fingerprint density at radius 1 is 1.12 bits per heavy atom. The first-order valence-electron chi connectivity index (χ1n) is 6.73. The lowest BCUT2D eigenvalue weighted by molar-refractivity contribution is -0.123. The van der Waals surface area contributed by atoms with Gasteiger partial charge in [0.15, 0.2) is 6.61 Å². The van der Waals surface area contributed by atoms with Crippen molar-refractivity contribution < 1.29 is 14.3 Å². The van der Waals surface area contributed by atoms with Crippen LogP contribution in [0.4, 0.5) is 0 Å². The number of amides is 1. The monoisotopic (exact) mass is 386 g/mol. The standard InChI is InChI=1S/C16H13Cl3N2O3/c1-23-14-4-2-10(6-12(14)18)8-20-21-16(22)9-24-15-5-3-11(17)7-13(15)19/h2-8H,9H2,1H3,(H,21,22). The van der Waals surface area contributed by atoms with Crippen LogP contribution in [0.25, 0.3) is 0 Å². The summed E-state index contributed by atoms with van der Waals surface area (Å²) in [5.41, 5.74) is 3.05. The summed E-state index contributed by atoms with van der Waals surface area (Å²) < 4.78 is 10.3. The summed E-state index contributed by atoms with van der Waals surface area (Å²) in [4.78, 5) is 11.7. The van der Waals surface area contributed by atoms with E-state index in [-0.39, 0.29) is 6.61 Å². The molecule has 1 amide bonds. The van der Waals surface area contributed by atoms with Crippen molar-refractivity contribution in [2.75, 3.05) is 13.7 Å². The van der Waals surface area contributed by atoms with Gasteiger partial charge in [0.1, 0.15) is 11.5 Å². The fraction of sp³-hybridized carbons (Fsp3) is 0.125. The number of methoxy groups -OCH3 is 1. The number of hydrogen-bond donors (Lipinski definition) is 1. The van der Waals surface area contributed by atoms with Gasteiger partial charge in [0.05, 0.1) is 23.4 Å². The minimum atomic E-state index is -0.433. The van der Waals surface area contributed by atoms with Crippen LogP contribution in [0.1, 0.15) is 5.56 Å². The highest BCUT2D eigenvalue weighted by Gasteiger charge is 2.06. The summed E-state index contributed by atoms with van der Waals surface area (Å²) in [6.45, 7) is -0.234. The summed E-state index contributed by atoms with van der Waals surface area (Å²) in [7, 11) is 1.53. The van der Waals surface area contributed by atoms with Crippen molar-refractivity contribution in [2.45, 2.75) is 0 Å². The molecule has 0 spiro atoms. The lowest BCUT2D eigenvalue weighted by atomic mass is 10.2. The maximum absolute atomic E-state index is 11.7. The minimum Gasteiger partial charge on any atom is -0.495 e. The zero-order valence-corrected chi connectivity index (χ0v) is 14.8. The van der Waals surface area contributed by atoms with Crippen molar-refractivity contribution in [2.24, 2.45) is 5.10 Å². The second kappa shape index (κ2) is 8.78. The summed E-state index contributed by atoms with van der Waals surface area (Å²) in [5.74, 6) is 0.491. The van der Waals surface area contributed by atoms with Gasteiger partial charge in [-0.25, -0.2) is 5.43 Å². The zero-order chi connectivity index (χ0) is 17.5. The molecule has 0 fully saturated rings. The molecule has 0 aliphatic carbocycles. The number of nitrogens with zero attached hydrogens (tertiary/aromatic N) is 1. The fourth-order valence-corrected chi connectivity index (χ4v) is 2.44. The largest absolute Gasteiger partial charge is 0.495 e. The van der Waals surface area contributed by atoms with Gasteiger partial charge in [-0.05, 0) is 42.0 Å². The molecule has 126 valence electrons. The van der Waals surface area contributed by atoms with Crippen molar-refractivity contribution >= 4 is 46.9 Å². The number of nitrogens with one attached hydrogen (secondary N) is 1. The molecule has 2 aromatic rings. The molecule has 2 aromatic carbocycles. The van der Waals surface area contributed by atoms with Gasteiger partial charge in [-0.2, -0.15) is 5.10 Å². The van der Waals surface area contributed by atoms with E-state index >= 15 is 0 Å². The first-order valence-corrected chi connectivity index (χ1v) is 7.86. The summed E-state index contributed by atoms with van der Waals surface area (Å²) >= 11 is 17.7. The van der Waals surface area contributed by atoms with Gasteiger partial charge < -0.3 is 9.47 Å². The molecule has 0 bridgehead atoms. The van der Waals surface area contributed by atoms with Gasteiger partial charge in [-0.15, -0.1) is 0 Å². The zero-order valence-electron chi connectivity index (χ0n) is 12.6. The van der Waals surface area contributed by atoms with E-state index in [0.717, 1.165) is 0 Å². The average molecular weight is 388 g/mol. The molecule has 5 nitrogen and oxygen atoms in total. The third-order valence-corrected chi connectivity index (χ3v) is 3.66. The van der Waals surface area contributed by atoms with E-state index in [0.29, 0.717) is 32.1 Å². The van der Waals surface area contributed by atoms with Crippen molar-refractivity contribution in [3.63, 3.8) is 0 Å². The molecule has 2 rings (SSSR count). The van der Waals surface area contributed by atoms with Crippen LogP contribution in [0.3, 0.4) is 0 Å². The summed E-state index contributed by atoms with van der Waals surface area (Å²) in [5, 5.41) is 5.09. The normalized spacial score (nSPS) is 10.7. The van der Waals surface area contributed by atoms with E-state index in [1.807, 2.05) is 0 Å². The van der Waals surface area contributed by atoms with E-state index in [2.05, 4.69) is 10.5 Å². The van der Waals surface area contributed by atoms with Gasteiger partial charge in [0.25, 0.3) is 5.91 Å². The van der Waals surface area contributed by atoms with Crippen molar-refractivity contribution in [3.05, 3.63) is 57.0 Å². The Balaban J connectivity index is 1.85. The molecule has 1 N–H and O–H groups in total. The minimum absolute atomic E-state index is 0.234. The molecule has 0 radical (unpaired) electrons. The van der Waals surface area contributed by atoms with Crippen molar-refractivity contribution in [1.29, 1.82) is 0 Å². The first kappa shape index (κ1) is 18.4. The Labute approximate surface area is 154 Å². The van der Waals surface area contributed by atoms with Gasteiger partial charge in [-0.1, -0.05) is 34.8 Å². The topological polar surface area (TPSA) is 59.9 Å². The van der Waals surface area contributed by atoms with E-state index < -0.39 is 5.91 Å². The first-order chi connectivity index (χ1) is 11.5. The number of hydrogen-bond acceptors (Lipinski definition) is 4. The Morgan fingerprint density at radius 3 is 2.50 bits per heavy atom. The molecule has 8 heteroatoms.